The van der Waals surface area contributed by atoms with E-state index in [2.05, 4.69) is 0 Å². The number of hydrogen-bond donors (Lipinski definition) is 2. The number of rotatable bonds is 16. The summed E-state index contributed by atoms with van der Waals surface area (Å²) in [6.07, 6.45) is 0.000734. The topological polar surface area (TPSA) is 161 Å². The van der Waals surface area contributed by atoms with Gasteiger partial charge in [0.1, 0.15) is 18.2 Å². The van der Waals surface area contributed by atoms with Gasteiger partial charge in [0.2, 0.25) is 0 Å². The summed E-state index contributed by atoms with van der Waals surface area (Å²) in [5, 5.41) is 9.74. The van der Waals surface area contributed by atoms with Crippen molar-refractivity contribution in [3.8, 4) is 11.5 Å². The Bertz CT molecular complexity index is 1010. The van der Waals surface area contributed by atoms with Crippen molar-refractivity contribution in [3.63, 3.8) is 0 Å². The van der Waals surface area contributed by atoms with E-state index in [1.807, 2.05) is 27.7 Å². The van der Waals surface area contributed by atoms with E-state index in [1.54, 1.807) is 27.7 Å². The molecule has 11 nitrogen and oxygen atoms in total. The second kappa shape index (κ2) is 17.5. The number of carboxylic acids is 1. The highest BCUT2D eigenvalue weighted by atomic mass is 16.7. The van der Waals surface area contributed by atoms with Crippen molar-refractivity contribution in [3.05, 3.63) is 23.8 Å². The third kappa shape index (κ3) is 12.0. The number of aliphatic carboxylic acids is 1. The third-order valence-electron chi connectivity index (χ3n) is 6.87. The van der Waals surface area contributed by atoms with Gasteiger partial charge in [0, 0.05) is 5.92 Å². The number of carboxylic acid groups (broad SMARTS) is 1. The number of nitrogens with two attached hydrogens (primary N) is 1. The lowest BCUT2D eigenvalue weighted by molar-refractivity contribution is -0.151. The Morgan fingerprint density at radius 2 is 1.34 bits per heavy atom. The van der Waals surface area contributed by atoms with Gasteiger partial charge < -0.3 is 34.5 Å². The van der Waals surface area contributed by atoms with Crippen LogP contribution in [0.3, 0.4) is 0 Å². The SMILES string of the molecule is CCCC(C)OC(=O)Oc1ccc(C(C(C)COC(=O)C(C)C(C)C)[C@H](N)C(=O)O)cc1OC(=O)OC(C)CCC. The molecular formula is C30H47NO10. The van der Waals surface area contributed by atoms with E-state index in [0.717, 1.165) is 12.8 Å². The lowest BCUT2D eigenvalue weighted by atomic mass is 9.82. The Labute approximate surface area is 243 Å². The molecular weight excluding hydrogens is 534 g/mol. The first-order chi connectivity index (χ1) is 19.2. The van der Waals surface area contributed by atoms with Crippen molar-refractivity contribution in [1.82, 2.24) is 0 Å². The maximum atomic E-state index is 12.6. The van der Waals surface area contributed by atoms with Crippen LogP contribution in [0.2, 0.25) is 0 Å². The van der Waals surface area contributed by atoms with Crippen LogP contribution in [0, 0.1) is 17.8 Å². The van der Waals surface area contributed by atoms with Crippen LogP contribution in [0.4, 0.5) is 9.59 Å². The summed E-state index contributed by atoms with van der Waals surface area (Å²) < 4.78 is 26.8. The minimum absolute atomic E-state index is 0.0681. The van der Waals surface area contributed by atoms with Gasteiger partial charge in [0.05, 0.1) is 12.5 Å². The molecule has 1 aromatic carbocycles. The molecule has 11 heteroatoms. The first-order valence-electron chi connectivity index (χ1n) is 14.3. The Kier molecular flexibility index (Phi) is 15.2. The normalized spacial score (nSPS) is 15.6. The van der Waals surface area contributed by atoms with E-state index in [-0.39, 0.29) is 29.9 Å². The van der Waals surface area contributed by atoms with E-state index in [1.165, 1.54) is 18.2 Å². The first-order valence-corrected chi connectivity index (χ1v) is 14.3. The highest BCUT2D eigenvalue weighted by molar-refractivity contribution is 5.75. The van der Waals surface area contributed by atoms with Crippen LogP contribution in [0.25, 0.3) is 0 Å². The number of hydrogen-bond acceptors (Lipinski definition) is 10. The monoisotopic (exact) mass is 581 g/mol. The molecule has 0 spiro atoms. The Morgan fingerprint density at radius 3 is 1.80 bits per heavy atom. The molecule has 3 N–H and O–H groups in total. The zero-order chi connectivity index (χ0) is 31.3. The van der Waals surface area contributed by atoms with E-state index < -0.39 is 54.3 Å². The zero-order valence-electron chi connectivity index (χ0n) is 25.5. The molecule has 1 aromatic rings. The second-order valence-electron chi connectivity index (χ2n) is 10.9. The summed E-state index contributed by atoms with van der Waals surface area (Å²) in [7, 11) is 0. The van der Waals surface area contributed by atoms with Crippen LogP contribution in [0.15, 0.2) is 18.2 Å². The van der Waals surface area contributed by atoms with Crippen molar-refractivity contribution in [2.45, 2.75) is 105 Å². The average molecular weight is 582 g/mol. The summed E-state index contributed by atoms with van der Waals surface area (Å²) in [6.45, 7) is 14.5. The quantitative estimate of drug-likeness (QED) is 0.133. The molecule has 6 atom stereocenters. The van der Waals surface area contributed by atoms with E-state index >= 15 is 0 Å². The molecule has 232 valence electrons. The molecule has 0 fully saturated rings. The van der Waals surface area contributed by atoms with Crippen LogP contribution >= 0.6 is 0 Å². The molecule has 5 unspecified atom stereocenters. The summed E-state index contributed by atoms with van der Waals surface area (Å²) in [6, 6.07) is 2.85. The Balaban J connectivity index is 3.38. The first kappa shape index (κ1) is 35.7. The van der Waals surface area contributed by atoms with Gasteiger partial charge in [-0.05, 0) is 56.2 Å². The molecule has 0 aliphatic rings. The highest BCUT2D eigenvalue weighted by Gasteiger charge is 2.33. The summed E-state index contributed by atoms with van der Waals surface area (Å²) in [5.41, 5.74) is 6.45. The smallest absolute Gasteiger partial charge is 0.480 e. The van der Waals surface area contributed by atoms with Gasteiger partial charge in [-0.25, -0.2) is 9.59 Å². The summed E-state index contributed by atoms with van der Waals surface area (Å²) >= 11 is 0. The number of carbonyl (C=O) groups is 4. The van der Waals surface area contributed by atoms with E-state index in [9.17, 15) is 24.3 Å². The van der Waals surface area contributed by atoms with Gasteiger partial charge in [-0.3, -0.25) is 9.59 Å². The van der Waals surface area contributed by atoms with Gasteiger partial charge in [-0.1, -0.05) is 60.5 Å². The molecule has 0 saturated carbocycles. The van der Waals surface area contributed by atoms with Crippen LogP contribution in [-0.4, -0.2) is 54.2 Å². The lowest BCUT2D eigenvalue weighted by Gasteiger charge is -2.28. The number of ether oxygens (including phenoxy) is 5. The molecule has 0 radical (unpaired) electrons. The fourth-order valence-electron chi connectivity index (χ4n) is 4.15. The fourth-order valence-corrected chi connectivity index (χ4v) is 4.15. The maximum absolute atomic E-state index is 12.6. The Morgan fingerprint density at radius 1 is 0.829 bits per heavy atom. The molecule has 41 heavy (non-hydrogen) atoms. The van der Waals surface area contributed by atoms with Gasteiger partial charge in [0.25, 0.3) is 0 Å². The highest BCUT2D eigenvalue weighted by Crippen LogP contribution is 2.36. The molecule has 0 aliphatic heterocycles. The van der Waals surface area contributed by atoms with Crippen LogP contribution in [-0.2, 0) is 23.8 Å². The minimum atomic E-state index is -1.39. The average Bonchev–Trinajstić information content (AvgIpc) is 2.88. The largest absolute Gasteiger partial charge is 0.514 e. The van der Waals surface area contributed by atoms with Crippen molar-refractivity contribution < 1.29 is 48.0 Å². The second-order valence-corrected chi connectivity index (χ2v) is 10.9. The van der Waals surface area contributed by atoms with Gasteiger partial charge in [-0.2, -0.15) is 0 Å². The maximum Gasteiger partial charge on any atom is 0.514 e. The van der Waals surface area contributed by atoms with Crippen molar-refractivity contribution in [1.29, 1.82) is 0 Å². The van der Waals surface area contributed by atoms with Gasteiger partial charge in [-0.15, -0.1) is 0 Å². The van der Waals surface area contributed by atoms with Crippen molar-refractivity contribution >= 4 is 24.2 Å². The number of benzene rings is 1. The molecule has 0 heterocycles. The van der Waals surface area contributed by atoms with Crippen LogP contribution in [0.5, 0.6) is 11.5 Å². The summed E-state index contributed by atoms with van der Waals surface area (Å²) in [4.78, 5) is 49.3. The van der Waals surface area contributed by atoms with E-state index in [0.29, 0.717) is 18.4 Å². The molecule has 0 amide bonds. The van der Waals surface area contributed by atoms with Gasteiger partial charge >= 0.3 is 24.2 Å². The van der Waals surface area contributed by atoms with Crippen molar-refractivity contribution in [2.75, 3.05) is 6.61 Å². The number of esters is 1. The van der Waals surface area contributed by atoms with Crippen LogP contribution < -0.4 is 15.2 Å². The lowest BCUT2D eigenvalue weighted by Crippen LogP contribution is -2.41. The molecule has 0 aliphatic carbocycles. The van der Waals surface area contributed by atoms with E-state index in [4.69, 9.17) is 29.4 Å². The molecule has 1 rings (SSSR count). The predicted octanol–water partition coefficient (Wildman–Crippen LogP) is 6.06. The number of carbonyl (C=O) groups excluding carboxylic acids is 3. The molecule has 0 aromatic heterocycles. The molecule has 0 saturated heterocycles. The standard InChI is InChI=1S/C30H47NO10/c1-9-11-19(6)38-29(35)40-23-14-13-22(15-24(23)41-30(36)39-20(7)12-10-2)25(26(31)27(32)33)18(5)16-37-28(34)21(8)17(3)4/h13-15,17-21,25-26H,9-12,16,31H2,1-8H3,(H,32,33)/t18?,19?,20?,21?,25?,26-/m0/s1. The van der Waals surface area contributed by atoms with Crippen LogP contribution in [0.1, 0.15) is 92.6 Å². The predicted molar refractivity (Wildman–Crippen MR) is 152 cm³/mol. The zero-order valence-corrected chi connectivity index (χ0v) is 25.5. The minimum Gasteiger partial charge on any atom is -0.480 e. The van der Waals surface area contributed by atoms with Crippen molar-refractivity contribution in [2.24, 2.45) is 23.5 Å². The third-order valence-corrected chi connectivity index (χ3v) is 6.87. The Hall–Kier alpha value is -3.34. The fraction of sp³-hybridized carbons (Fsp3) is 0.667. The van der Waals surface area contributed by atoms with Gasteiger partial charge in [0.15, 0.2) is 11.5 Å². The summed E-state index contributed by atoms with van der Waals surface area (Å²) in [5.74, 6) is -3.66. The molecule has 0 bridgehead atoms.